The molecule has 3 aromatic rings. The van der Waals surface area contributed by atoms with Crippen LogP contribution < -0.4 is 11.1 Å². The number of nitrogens with one attached hydrogen (secondary N) is 3. The summed E-state index contributed by atoms with van der Waals surface area (Å²) in [7, 11) is 0. The number of hydrogen-bond donors (Lipinski definition) is 6. The summed E-state index contributed by atoms with van der Waals surface area (Å²) in [4.78, 5) is 10.8. The number of phenolic OH excluding ortho intramolecular Hbond substituents is 1. The standard InChI is InChI=1S/C13H10FNO3.C13H17N3/c14-9-5-10(12(16)11(15)6-9)7-2-1-3-8(4-7)13(17)18;1-9(14)13(15)8-16-12-6-5-10-3-2-4-11(10)7-12/h1-6,16H,15H2,(H,17,18);5-7,14-16H,2-4,8H2,1H3. The molecule has 34 heavy (non-hydrogen) atoms. The maximum Gasteiger partial charge on any atom is 0.335 e. The monoisotopic (exact) mass is 462 g/mol. The van der Waals surface area contributed by atoms with Crippen LogP contribution in [0.4, 0.5) is 15.8 Å². The highest BCUT2D eigenvalue weighted by Gasteiger charge is 2.12. The van der Waals surface area contributed by atoms with Gasteiger partial charge in [0.25, 0.3) is 0 Å². The van der Waals surface area contributed by atoms with E-state index in [1.807, 2.05) is 0 Å². The third-order valence-corrected chi connectivity index (χ3v) is 5.55. The molecule has 1 aliphatic rings. The van der Waals surface area contributed by atoms with Crippen LogP contribution in [0, 0.1) is 16.6 Å². The summed E-state index contributed by atoms with van der Waals surface area (Å²) < 4.78 is 13.2. The minimum Gasteiger partial charge on any atom is -0.505 e. The molecule has 8 heteroatoms. The number of anilines is 2. The van der Waals surface area contributed by atoms with Crippen molar-refractivity contribution in [2.75, 3.05) is 17.6 Å². The van der Waals surface area contributed by atoms with Gasteiger partial charge >= 0.3 is 5.97 Å². The molecule has 7 nitrogen and oxygen atoms in total. The van der Waals surface area contributed by atoms with E-state index in [1.165, 1.54) is 48.6 Å². The van der Waals surface area contributed by atoms with Crippen molar-refractivity contribution in [3.05, 3.63) is 77.1 Å². The highest BCUT2D eigenvalue weighted by atomic mass is 19.1. The summed E-state index contributed by atoms with van der Waals surface area (Å²) >= 11 is 0. The number of phenols is 1. The molecule has 0 aromatic heterocycles. The number of carboxylic acids is 1. The minimum atomic E-state index is -1.10. The summed E-state index contributed by atoms with van der Waals surface area (Å²) in [5, 5.41) is 36.7. The van der Waals surface area contributed by atoms with Crippen LogP contribution in [-0.4, -0.2) is 34.2 Å². The van der Waals surface area contributed by atoms with Gasteiger partial charge in [0, 0.05) is 17.3 Å². The molecular formula is C26H27FN4O3. The number of aromatic hydroxyl groups is 1. The summed E-state index contributed by atoms with van der Waals surface area (Å²) in [6.07, 6.45) is 3.63. The topological polar surface area (TPSA) is 143 Å². The first-order valence-electron chi connectivity index (χ1n) is 10.8. The van der Waals surface area contributed by atoms with E-state index in [9.17, 15) is 14.3 Å². The summed E-state index contributed by atoms with van der Waals surface area (Å²) in [5.41, 5.74) is 10.6. The lowest BCUT2D eigenvalue weighted by molar-refractivity contribution is 0.0697. The number of nitrogens with two attached hydrogens (primary N) is 1. The van der Waals surface area contributed by atoms with Crippen molar-refractivity contribution < 1.29 is 19.4 Å². The zero-order valence-electron chi connectivity index (χ0n) is 18.8. The van der Waals surface area contributed by atoms with E-state index < -0.39 is 11.8 Å². The maximum absolute atomic E-state index is 13.2. The maximum atomic E-state index is 13.2. The van der Waals surface area contributed by atoms with Crippen molar-refractivity contribution in [3.8, 4) is 16.9 Å². The van der Waals surface area contributed by atoms with Crippen LogP contribution in [0.2, 0.25) is 0 Å². The van der Waals surface area contributed by atoms with Gasteiger partial charge in [0.1, 0.15) is 11.6 Å². The predicted octanol–water partition coefficient (Wildman–Crippen LogP) is 5.13. The van der Waals surface area contributed by atoms with E-state index in [0.717, 1.165) is 17.8 Å². The van der Waals surface area contributed by atoms with Crippen molar-refractivity contribution in [2.24, 2.45) is 0 Å². The number of carboxylic acid groups (broad SMARTS) is 1. The molecule has 0 radical (unpaired) electrons. The third kappa shape index (κ3) is 5.98. The number of aromatic carboxylic acids is 1. The van der Waals surface area contributed by atoms with Crippen LogP contribution in [0.3, 0.4) is 0 Å². The molecule has 4 rings (SSSR count). The fourth-order valence-electron chi connectivity index (χ4n) is 3.66. The highest BCUT2D eigenvalue weighted by Crippen LogP contribution is 2.35. The van der Waals surface area contributed by atoms with Gasteiger partial charge in [-0.15, -0.1) is 0 Å². The fourth-order valence-corrected chi connectivity index (χ4v) is 3.66. The van der Waals surface area contributed by atoms with Crippen LogP contribution in [-0.2, 0) is 12.8 Å². The first-order valence-corrected chi connectivity index (χ1v) is 10.8. The number of halogens is 1. The Morgan fingerprint density at radius 3 is 2.53 bits per heavy atom. The van der Waals surface area contributed by atoms with Gasteiger partial charge in [-0.2, -0.15) is 0 Å². The zero-order chi connectivity index (χ0) is 24.8. The van der Waals surface area contributed by atoms with Crippen LogP contribution in [0.5, 0.6) is 5.75 Å². The normalized spacial score (nSPS) is 11.7. The van der Waals surface area contributed by atoms with Gasteiger partial charge in [-0.1, -0.05) is 18.2 Å². The van der Waals surface area contributed by atoms with Crippen LogP contribution >= 0.6 is 0 Å². The molecule has 176 valence electrons. The van der Waals surface area contributed by atoms with E-state index >= 15 is 0 Å². The number of nitrogen functional groups attached to an aromatic ring is 1. The predicted molar refractivity (Wildman–Crippen MR) is 133 cm³/mol. The average molecular weight is 463 g/mol. The lowest BCUT2D eigenvalue weighted by Gasteiger charge is -2.08. The highest BCUT2D eigenvalue weighted by molar-refractivity contribution is 6.40. The Hall–Kier alpha value is -4.20. The van der Waals surface area contributed by atoms with E-state index in [2.05, 4.69) is 23.5 Å². The van der Waals surface area contributed by atoms with E-state index in [0.29, 0.717) is 23.5 Å². The fraction of sp³-hybridized carbons (Fsp3) is 0.192. The number of fused-ring (bicyclic) bond motifs is 1. The number of hydrogen-bond acceptors (Lipinski definition) is 6. The van der Waals surface area contributed by atoms with Crippen molar-refractivity contribution in [1.82, 2.24) is 0 Å². The minimum absolute atomic E-state index is 0.0507. The van der Waals surface area contributed by atoms with Crippen molar-refractivity contribution in [3.63, 3.8) is 0 Å². The molecule has 0 spiro atoms. The third-order valence-electron chi connectivity index (χ3n) is 5.55. The molecule has 0 saturated carbocycles. The van der Waals surface area contributed by atoms with Crippen LogP contribution in [0.15, 0.2) is 54.6 Å². The Bertz CT molecular complexity index is 1260. The largest absolute Gasteiger partial charge is 0.505 e. The van der Waals surface area contributed by atoms with E-state index in [-0.39, 0.29) is 22.6 Å². The zero-order valence-corrected chi connectivity index (χ0v) is 18.8. The molecule has 0 atom stereocenters. The van der Waals surface area contributed by atoms with Gasteiger partial charge in [0.2, 0.25) is 0 Å². The second kappa shape index (κ2) is 10.6. The molecule has 0 aliphatic heterocycles. The summed E-state index contributed by atoms with van der Waals surface area (Å²) in [6.45, 7) is 2.08. The molecule has 0 saturated heterocycles. The molecule has 7 N–H and O–H groups in total. The number of aryl methyl sites for hydroxylation is 2. The second-order valence-electron chi connectivity index (χ2n) is 8.07. The lowest BCUT2D eigenvalue weighted by Crippen LogP contribution is -2.19. The van der Waals surface area contributed by atoms with Gasteiger partial charge in [0.15, 0.2) is 0 Å². The van der Waals surface area contributed by atoms with Crippen LogP contribution in [0.1, 0.15) is 34.8 Å². The first-order chi connectivity index (χ1) is 16.2. The molecule has 3 aromatic carbocycles. The summed E-state index contributed by atoms with van der Waals surface area (Å²) in [5.74, 6) is -1.96. The van der Waals surface area contributed by atoms with E-state index in [1.54, 1.807) is 13.0 Å². The molecule has 0 unspecified atom stereocenters. The lowest BCUT2D eigenvalue weighted by atomic mass is 10.0. The number of carbonyl (C=O) groups is 1. The number of benzene rings is 3. The smallest absolute Gasteiger partial charge is 0.335 e. The quantitative estimate of drug-likeness (QED) is 0.171. The van der Waals surface area contributed by atoms with E-state index in [4.69, 9.17) is 21.7 Å². The average Bonchev–Trinajstić information content (AvgIpc) is 3.28. The van der Waals surface area contributed by atoms with Gasteiger partial charge in [-0.3, -0.25) is 0 Å². The van der Waals surface area contributed by atoms with Crippen molar-refractivity contribution in [2.45, 2.75) is 26.2 Å². The molecule has 0 bridgehead atoms. The molecular weight excluding hydrogens is 435 g/mol. The molecule has 0 heterocycles. The van der Waals surface area contributed by atoms with Gasteiger partial charge in [-0.05, 0) is 73.2 Å². The Morgan fingerprint density at radius 1 is 1.09 bits per heavy atom. The Balaban J connectivity index is 0.000000192. The van der Waals surface area contributed by atoms with Gasteiger partial charge in [-0.25, -0.2) is 9.18 Å². The Morgan fingerprint density at radius 2 is 1.82 bits per heavy atom. The SMILES string of the molecule is CC(=N)C(=N)CNc1ccc2c(c1)CCC2.Nc1cc(F)cc(-c2cccc(C(=O)O)c2)c1O. The Kier molecular flexibility index (Phi) is 7.63. The number of rotatable bonds is 6. The molecule has 1 aliphatic carbocycles. The van der Waals surface area contributed by atoms with Crippen LogP contribution in [0.25, 0.3) is 11.1 Å². The van der Waals surface area contributed by atoms with Crippen molar-refractivity contribution >= 4 is 28.8 Å². The second-order valence-corrected chi connectivity index (χ2v) is 8.07. The molecule has 0 fully saturated rings. The summed E-state index contributed by atoms with van der Waals surface area (Å²) in [6, 6.07) is 14.4. The molecule has 0 amide bonds. The van der Waals surface area contributed by atoms with Gasteiger partial charge < -0.3 is 32.1 Å². The van der Waals surface area contributed by atoms with Gasteiger partial charge in [0.05, 0.1) is 29.2 Å². The Labute approximate surface area is 197 Å². The van der Waals surface area contributed by atoms with Crippen molar-refractivity contribution in [1.29, 1.82) is 10.8 Å². The first kappa shape index (κ1) is 24.4.